The number of hydrogen-bond donors (Lipinski definition) is 1. The van der Waals surface area contributed by atoms with E-state index < -0.39 is 25.9 Å². The number of hydrogen-bond acceptors (Lipinski definition) is 5. The number of nitrogens with zero attached hydrogens (tertiary/aromatic N) is 1. The average Bonchev–Trinajstić information content (AvgIpc) is 2.75. The molecule has 1 heterocycles. The molecule has 1 saturated heterocycles. The third-order valence-electron chi connectivity index (χ3n) is 5.48. The number of aryl methyl sites for hydroxylation is 1. The number of ether oxygens (including phenoxy) is 1. The molecule has 7 nitrogen and oxygen atoms in total. The molecule has 0 amide bonds. The second-order valence-corrected chi connectivity index (χ2v) is 11.4. The summed E-state index contributed by atoms with van der Waals surface area (Å²) in [5, 5.41) is 0. The number of benzene rings is 2. The second kappa shape index (κ2) is 10.3. The Kier molecular flexibility index (Phi) is 7.92. The van der Waals surface area contributed by atoms with Gasteiger partial charge in [-0.1, -0.05) is 24.1 Å². The van der Waals surface area contributed by atoms with Gasteiger partial charge in [0.15, 0.2) is 11.6 Å². The van der Waals surface area contributed by atoms with Gasteiger partial charge in [-0.15, -0.1) is 0 Å². The Bertz CT molecular complexity index is 1140. The fourth-order valence-electron chi connectivity index (χ4n) is 3.79. The summed E-state index contributed by atoms with van der Waals surface area (Å²) in [6.07, 6.45) is 2.62. The highest BCUT2D eigenvalue weighted by molar-refractivity contribution is 7.89. The summed E-state index contributed by atoms with van der Waals surface area (Å²) in [6.45, 7) is 4.31. The Hall–Kier alpha value is -2.01. The van der Waals surface area contributed by atoms with E-state index in [1.807, 2.05) is 6.92 Å². The molecular formula is C22H29FN2O5S2. The molecule has 1 aliphatic heterocycles. The van der Waals surface area contributed by atoms with E-state index in [0.717, 1.165) is 24.5 Å². The van der Waals surface area contributed by atoms with Crippen molar-refractivity contribution in [2.45, 2.75) is 55.4 Å². The molecule has 0 aliphatic carbocycles. The van der Waals surface area contributed by atoms with Crippen molar-refractivity contribution in [3.05, 3.63) is 53.8 Å². The fourth-order valence-corrected chi connectivity index (χ4v) is 6.57. The van der Waals surface area contributed by atoms with E-state index in [4.69, 9.17) is 4.74 Å². The van der Waals surface area contributed by atoms with Crippen LogP contribution in [0.3, 0.4) is 0 Å². The molecule has 1 unspecified atom stereocenters. The number of sulfonamides is 2. The molecule has 1 aliphatic rings. The van der Waals surface area contributed by atoms with Gasteiger partial charge < -0.3 is 4.74 Å². The van der Waals surface area contributed by atoms with Gasteiger partial charge in [-0.3, -0.25) is 0 Å². The zero-order valence-electron chi connectivity index (χ0n) is 18.3. The molecule has 0 saturated carbocycles. The molecule has 0 radical (unpaired) electrons. The smallest absolute Gasteiger partial charge is 0.243 e. The highest BCUT2D eigenvalue weighted by atomic mass is 32.2. The molecule has 176 valence electrons. The molecular weight excluding hydrogens is 455 g/mol. The van der Waals surface area contributed by atoms with Crippen LogP contribution in [-0.2, 0) is 20.0 Å². The molecule has 0 aromatic heterocycles. The van der Waals surface area contributed by atoms with Gasteiger partial charge in [0.25, 0.3) is 0 Å². The predicted molar refractivity (Wildman–Crippen MR) is 120 cm³/mol. The quantitative estimate of drug-likeness (QED) is 0.589. The Morgan fingerprint density at radius 3 is 2.41 bits per heavy atom. The van der Waals surface area contributed by atoms with Gasteiger partial charge in [-0.25, -0.2) is 25.9 Å². The zero-order chi connectivity index (χ0) is 23.4. The van der Waals surface area contributed by atoms with Gasteiger partial charge in [0.2, 0.25) is 20.0 Å². The van der Waals surface area contributed by atoms with Crippen LogP contribution in [-0.4, -0.2) is 46.9 Å². The Morgan fingerprint density at radius 2 is 1.75 bits per heavy atom. The number of piperidine rings is 1. The van der Waals surface area contributed by atoms with Crippen LogP contribution in [0.2, 0.25) is 0 Å². The summed E-state index contributed by atoms with van der Waals surface area (Å²) in [6, 6.07) is 9.89. The molecule has 2 aromatic rings. The SMILES string of the molecule is CCOc1ccc(S(=O)(=O)NCCC2CCCCN2S(=O)(=O)c2ccc(C)cc2)cc1F. The van der Waals surface area contributed by atoms with E-state index >= 15 is 0 Å². The van der Waals surface area contributed by atoms with Crippen LogP contribution in [0, 0.1) is 12.7 Å². The lowest BCUT2D eigenvalue weighted by Gasteiger charge is -2.34. The van der Waals surface area contributed by atoms with Gasteiger partial charge >= 0.3 is 0 Å². The summed E-state index contributed by atoms with van der Waals surface area (Å²) in [4.78, 5) is 0.0340. The van der Waals surface area contributed by atoms with Gasteiger partial charge in [-0.05, 0) is 63.4 Å². The average molecular weight is 485 g/mol. The largest absolute Gasteiger partial charge is 0.491 e. The zero-order valence-corrected chi connectivity index (χ0v) is 19.9. The number of rotatable bonds is 9. The van der Waals surface area contributed by atoms with Crippen LogP contribution in [0.5, 0.6) is 5.75 Å². The van der Waals surface area contributed by atoms with E-state index in [1.54, 1.807) is 31.2 Å². The molecule has 2 aromatic carbocycles. The van der Waals surface area contributed by atoms with E-state index in [-0.39, 0.29) is 34.7 Å². The van der Waals surface area contributed by atoms with Crippen LogP contribution in [0.4, 0.5) is 4.39 Å². The molecule has 0 spiro atoms. The van der Waals surface area contributed by atoms with E-state index in [2.05, 4.69) is 4.72 Å². The van der Waals surface area contributed by atoms with Gasteiger partial charge in [0.1, 0.15) is 0 Å². The summed E-state index contributed by atoms with van der Waals surface area (Å²) in [5.74, 6) is -0.761. The Morgan fingerprint density at radius 1 is 1.06 bits per heavy atom. The minimum absolute atomic E-state index is 0.00869. The highest BCUT2D eigenvalue weighted by Gasteiger charge is 2.33. The van der Waals surface area contributed by atoms with Crippen molar-refractivity contribution in [2.24, 2.45) is 0 Å². The van der Waals surface area contributed by atoms with E-state index in [0.29, 0.717) is 19.4 Å². The lowest BCUT2D eigenvalue weighted by molar-refractivity contribution is 0.242. The normalized spacial score (nSPS) is 17.9. The second-order valence-electron chi connectivity index (χ2n) is 7.79. The topological polar surface area (TPSA) is 92.8 Å². The lowest BCUT2D eigenvalue weighted by atomic mass is 10.0. The van der Waals surface area contributed by atoms with Crippen LogP contribution in [0.1, 0.15) is 38.2 Å². The molecule has 1 fully saturated rings. The summed E-state index contributed by atoms with van der Waals surface area (Å²) < 4.78 is 74.5. The molecule has 10 heteroatoms. The standard InChI is InChI=1S/C22H29FN2O5S2/c1-3-30-22-12-11-20(16-21(22)23)31(26,27)24-14-13-18-6-4-5-15-25(18)32(28,29)19-9-7-17(2)8-10-19/h7-12,16,18,24H,3-6,13-15H2,1-2H3. The Balaban J connectivity index is 1.68. The van der Waals surface area contributed by atoms with Crippen molar-refractivity contribution in [3.63, 3.8) is 0 Å². The molecule has 3 rings (SSSR count). The molecule has 1 N–H and O–H groups in total. The third kappa shape index (κ3) is 5.67. The van der Waals surface area contributed by atoms with E-state index in [9.17, 15) is 21.2 Å². The van der Waals surface area contributed by atoms with Gasteiger partial charge in [-0.2, -0.15) is 4.31 Å². The first-order valence-corrected chi connectivity index (χ1v) is 13.6. The van der Waals surface area contributed by atoms with Crippen molar-refractivity contribution in [1.82, 2.24) is 9.03 Å². The van der Waals surface area contributed by atoms with Crippen molar-refractivity contribution in [2.75, 3.05) is 19.7 Å². The maximum absolute atomic E-state index is 14.1. The Labute approximate surface area is 189 Å². The molecule has 0 bridgehead atoms. The monoisotopic (exact) mass is 484 g/mol. The molecule has 32 heavy (non-hydrogen) atoms. The summed E-state index contributed by atoms with van der Waals surface area (Å²) in [5.41, 5.74) is 0.972. The van der Waals surface area contributed by atoms with Gasteiger partial charge in [0.05, 0.1) is 16.4 Å². The number of nitrogens with one attached hydrogen (secondary N) is 1. The fraction of sp³-hybridized carbons (Fsp3) is 0.455. The maximum atomic E-state index is 14.1. The highest BCUT2D eigenvalue weighted by Crippen LogP contribution is 2.27. The first-order chi connectivity index (χ1) is 15.1. The van der Waals surface area contributed by atoms with Crippen LogP contribution < -0.4 is 9.46 Å². The third-order valence-corrected chi connectivity index (χ3v) is 8.91. The van der Waals surface area contributed by atoms with Crippen molar-refractivity contribution in [3.8, 4) is 5.75 Å². The van der Waals surface area contributed by atoms with Crippen molar-refractivity contribution < 1.29 is 26.0 Å². The minimum atomic E-state index is -3.94. The van der Waals surface area contributed by atoms with Crippen molar-refractivity contribution in [1.29, 1.82) is 0 Å². The predicted octanol–water partition coefficient (Wildman–Crippen LogP) is 3.44. The summed E-state index contributed by atoms with van der Waals surface area (Å²) in [7, 11) is -7.61. The first-order valence-electron chi connectivity index (χ1n) is 10.7. The van der Waals surface area contributed by atoms with Gasteiger partial charge in [0, 0.05) is 19.1 Å². The molecule has 1 atom stereocenters. The van der Waals surface area contributed by atoms with Crippen LogP contribution in [0.15, 0.2) is 52.3 Å². The maximum Gasteiger partial charge on any atom is 0.243 e. The minimum Gasteiger partial charge on any atom is -0.491 e. The van der Waals surface area contributed by atoms with E-state index in [1.165, 1.54) is 16.4 Å². The van der Waals surface area contributed by atoms with Crippen LogP contribution in [0.25, 0.3) is 0 Å². The van der Waals surface area contributed by atoms with Crippen molar-refractivity contribution >= 4 is 20.0 Å². The lowest BCUT2D eigenvalue weighted by Crippen LogP contribution is -2.45. The van der Waals surface area contributed by atoms with Crippen LogP contribution >= 0.6 is 0 Å². The summed E-state index contributed by atoms with van der Waals surface area (Å²) >= 11 is 0. The number of halogens is 1. The first kappa shape index (κ1) is 24.6.